The number of nitrogens with zero attached hydrogens (tertiary/aromatic N) is 2. The van der Waals surface area contributed by atoms with Crippen LogP contribution in [-0.2, 0) is 0 Å². The van der Waals surface area contributed by atoms with Crippen LogP contribution in [0.1, 0.15) is 5.69 Å². The molecule has 2 aliphatic rings. The molecular formula is C12H17N3. The standard InChI is InChI=1S/C12H17N3/c1-9-2-3-12(6-14-9)15-7-10-4-13-5-11(10)8-15/h2-3,6,10-11,13H,4-5,7-8H2,1H3. The molecule has 1 aromatic heterocycles. The summed E-state index contributed by atoms with van der Waals surface area (Å²) in [5.41, 5.74) is 2.38. The third kappa shape index (κ3) is 1.61. The molecule has 2 unspecified atom stereocenters. The molecule has 3 rings (SSSR count). The van der Waals surface area contributed by atoms with Gasteiger partial charge in [-0.05, 0) is 30.9 Å². The van der Waals surface area contributed by atoms with E-state index in [9.17, 15) is 0 Å². The topological polar surface area (TPSA) is 28.2 Å². The summed E-state index contributed by atoms with van der Waals surface area (Å²) in [4.78, 5) is 6.84. The second kappa shape index (κ2) is 3.49. The maximum Gasteiger partial charge on any atom is 0.0553 e. The number of aryl methyl sites for hydroxylation is 1. The highest BCUT2D eigenvalue weighted by Crippen LogP contribution is 2.29. The summed E-state index contributed by atoms with van der Waals surface area (Å²) in [5, 5.41) is 3.46. The highest BCUT2D eigenvalue weighted by Gasteiger charge is 2.36. The molecule has 1 N–H and O–H groups in total. The van der Waals surface area contributed by atoms with Crippen LogP contribution in [0, 0.1) is 18.8 Å². The van der Waals surface area contributed by atoms with Gasteiger partial charge >= 0.3 is 0 Å². The minimum atomic E-state index is 0.853. The van der Waals surface area contributed by atoms with Crippen LogP contribution in [0.5, 0.6) is 0 Å². The van der Waals surface area contributed by atoms with E-state index in [0.29, 0.717) is 0 Å². The first-order valence-corrected chi connectivity index (χ1v) is 5.71. The molecule has 3 nitrogen and oxygen atoms in total. The largest absolute Gasteiger partial charge is 0.370 e. The molecule has 2 saturated heterocycles. The van der Waals surface area contributed by atoms with Gasteiger partial charge in [-0.3, -0.25) is 4.98 Å². The van der Waals surface area contributed by atoms with Crippen molar-refractivity contribution in [3.8, 4) is 0 Å². The first-order valence-electron chi connectivity index (χ1n) is 5.71. The molecule has 0 radical (unpaired) electrons. The Morgan fingerprint density at radius 3 is 2.60 bits per heavy atom. The molecular weight excluding hydrogens is 186 g/mol. The van der Waals surface area contributed by atoms with E-state index < -0.39 is 0 Å². The number of hydrogen-bond donors (Lipinski definition) is 1. The van der Waals surface area contributed by atoms with Gasteiger partial charge in [0.1, 0.15) is 0 Å². The Balaban J connectivity index is 1.76. The molecule has 0 spiro atoms. The van der Waals surface area contributed by atoms with Crippen LogP contribution in [-0.4, -0.2) is 31.2 Å². The zero-order chi connectivity index (χ0) is 10.3. The summed E-state index contributed by atoms with van der Waals surface area (Å²) < 4.78 is 0. The van der Waals surface area contributed by atoms with Gasteiger partial charge in [0.2, 0.25) is 0 Å². The van der Waals surface area contributed by atoms with E-state index >= 15 is 0 Å². The fourth-order valence-electron chi connectivity index (χ4n) is 2.71. The quantitative estimate of drug-likeness (QED) is 0.739. The molecule has 2 fully saturated rings. The summed E-state index contributed by atoms with van der Waals surface area (Å²) in [6, 6.07) is 4.29. The fourth-order valence-corrected chi connectivity index (χ4v) is 2.71. The van der Waals surface area contributed by atoms with Crippen LogP contribution >= 0.6 is 0 Å². The molecule has 0 bridgehead atoms. The second-order valence-corrected chi connectivity index (χ2v) is 4.74. The second-order valence-electron chi connectivity index (χ2n) is 4.74. The van der Waals surface area contributed by atoms with Crippen molar-refractivity contribution in [2.24, 2.45) is 11.8 Å². The minimum Gasteiger partial charge on any atom is -0.370 e. The number of aromatic nitrogens is 1. The van der Waals surface area contributed by atoms with Crippen molar-refractivity contribution < 1.29 is 0 Å². The van der Waals surface area contributed by atoms with Gasteiger partial charge in [0.25, 0.3) is 0 Å². The lowest BCUT2D eigenvalue weighted by Crippen LogP contribution is -2.25. The van der Waals surface area contributed by atoms with Gasteiger partial charge in [0.05, 0.1) is 11.9 Å². The lowest BCUT2D eigenvalue weighted by atomic mass is 10.0. The predicted molar refractivity (Wildman–Crippen MR) is 61.0 cm³/mol. The highest BCUT2D eigenvalue weighted by atomic mass is 15.2. The van der Waals surface area contributed by atoms with Gasteiger partial charge in [-0.1, -0.05) is 0 Å². The number of fused-ring (bicyclic) bond motifs is 1. The van der Waals surface area contributed by atoms with Crippen LogP contribution < -0.4 is 10.2 Å². The molecule has 0 aromatic carbocycles. The van der Waals surface area contributed by atoms with Crippen LogP contribution in [0.25, 0.3) is 0 Å². The van der Waals surface area contributed by atoms with Gasteiger partial charge in [-0.25, -0.2) is 0 Å². The Bertz CT molecular complexity index is 334. The number of nitrogens with one attached hydrogen (secondary N) is 1. The molecule has 2 atom stereocenters. The number of pyridine rings is 1. The molecule has 3 heteroatoms. The maximum absolute atomic E-state index is 4.36. The lowest BCUT2D eigenvalue weighted by Gasteiger charge is -2.19. The summed E-state index contributed by atoms with van der Waals surface area (Å²) >= 11 is 0. The third-order valence-corrected chi connectivity index (χ3v) is 3.65. The van der Waals surface area contributed by atoms with Crippen molar-refractivity contribution in [1.29, 1.82) is 0 Å². The Morgan fingerprint density at radius 1 is 1.27 bits per heavy atom. The van der Waals surface area contributed by atoms with Gasteiger partial charge in [0, 0.05) is 31.9 Å². The Labute approximate surface area is 90.5 Å². The smallest absolute Gasteiger partial charge is 0.0553 e. The summed E-state index contributed by atoms with van der Waals surface area (Å²) in [7, 11) is 0. The SMILES string of the molecule is Cc1ccc(N2CC3CNCC3C2)cn1. The maximum atomic E-state index is 4.36. The summed E-state index contributed by atoms with van der Waals surface area (Å²) in [6.45, 7) is 6.82. The molecule has 0 amide bonds. The summed E-state index contributed by atoms with van der Waals surface area (Å²) in [6.07, 6.45) is 2.00. The lowest BCUT2D eigenvalue weighted by molar-refractivity contribution is 0.533. The van der Waals surface area contributed by atoms with E-state index in [1.54, 1.807) is 0 Å². The number of anilines is 1. The minimum absolute atomic E-state index is 0.853. The molecule has 0 saturated carbocycles. The van der Waals surface area contributed by atoms with Crippen LogP contribution in [0.2, 0.25) is 0 Å². The van der Waals surface area contributed by atoms with E-state index in [2.05, 4.69) is 27.3 Å². The number of rotatable bonds is 1. The van der Waals surface area contributed by atoms with Gasteiger partial charge in [-0.2, -0.15) is 0 Å². The van der Waals surface area contributed by atoms with E-state index in [1.807, 2.05) is 13.1 Å². The van der Waals surface area contributed by atoms with Crippen molar-refractivity contribution in [1.82, 2.24) is 10.3 Å². The first-order chi connectivity index (χ1) is 7.33. The van der Waals surface area contributed by atoms with Crippen LogP contribution in [0.4, 0.5) is 5.69 Å². The van der Waals surface area contributed by atoms with E-state index in [0.717, 1.165) is 17.5 Å². The van der Waals surface area contributed by atoms with Crippen LogP contribution in [0.3, 0.4) is 0 Å². The van der Waals surface area contributed by atoms with E-state index in [4.69, 9.17) is 0 Å². The van der Waals surface area contributed by atoms with E-state index in [-0.39, 0.29) is 0 Å². The molecule has 0 aliphatic carbocycles. The highest BCUT2D eigenvalue weighted by molar-refractivity contribution is 5.46. The zero-order valence-electron chi connectivity index (χ0n) is 9.11. The zero-order valence-corrected chi connectivity index (χ0v) is 9.11. The van der Waals surface area contributed by atoms with Gasteiger partial charge < -0.3 is 10.2 Å². The molecule has 3 heterocycles. The summed E-state index contributed by atoms with van der Waals surface area (Å²) in [5.74, 6) is 1.71. The monoisotopic (exact) mass is 203 g/mol. The van der Waals surface area contributed by atoms with Gasteiger partial charge in [-0.15, -0.1) is 0 Å². The molecule has 15 heavy (non-hydrogen) atoms. The Kier molecular flexibility index (Phi) is 2.13. The molecule has 1 aromatic rings. The first kappa shape index (κ1) is 9.16. The number of hydrogen-bond acceptors (Lipinski definition) is 3. The van der Waals surface area contributed by atoms with Crippen molar-refractivity contribution in [2.75, 3.05) is 31.1 Å². The normalized spacial score (nSPS) is 29.5. The third-order valence-electron chi connectivity index (χ3n) is 3.65. The van der Waals surface area contributed by atoms with Crippen molar-refractivity contribution in [3.05, 3.63) is 24.0 Å². The van der Waals surface area contributed by atoms with Gasteiger partial charge in [0.15, 0.2) is 0 Å². The molecule has 2 aliphatic heterocycles. The molecule has 80 valence electrons. The Morgan fingerprint density at radius 2 is 2.00 bits per heavy atom. The average Bonchev–Trinajstić information content (AvgIpc) is 2.78. The van der Waals surface area contributed by atoms with E-state index in [1.165, 1.54) is 31.9 Å². The fraction of sp³-hybridized carbons (Fsp3) is 0.583. The van der Waals surface area contributed by atoms with Crippen LogP contribution in [0.15, 0.2) is 18.3 Å². The van der Waals surface area contributed by atoms with Crippen molar-refractivity contribution in [3.63, 3.8) is 0 Å². The van der Waals surface area contributed by atoms with Crippen molar-refractivity contribution >= 4 is 5.69 Å². The predicted octanol–water partition coefficient (Wildman–Crippen LogP) is 1.05. The average molecular weight is 203 g/mol. The van der Waals surface area contributed by atoms with Crippen molar-refractivity contribution in [2.45, 2.75) is 6.92 Å². The Hall–Kier alpha value is -1.09.